The van der Waals surface area contributed by atoms with Crippen LogP contribution in [0.1, 0.15) is 17.7 Å². The molecular formula is C25H22N4O6. The summed E-state index contributed by atoms with van der Waals surface area (Å²) in [5.41, 5.74) is -0.355. The molecule has 10 nitrogen and oxygen atoms in total. The Morgan fingerprint density at radius 2 is 1.74 bits per heavy atom. The number of anilines is 1. The van der Waals surface area contributed by atoms with Crippen molar-refractivity contribution in [2.45, 2.75) is 19.3 Å². The third-order valence-electron chi connectivity index (χ3n) is 5.98. The molecule has 3 aromatic rings. The number of nitrogens with zero attached hydrogens (tertiary/aromatic N) is 3. The van der Waals surface area contributed by atoms with E-state index in [-0.39, 0.29) is 24.2 Å². The van der Waals surface area contributed by atoms with Gasteiger partial charge >= 0.3 is 6.03 Å². The summed E-state index contributed by atoms with van der Waals surface area (Å²) in [5.74, 6) is -1.14. The minimum absolute atomic E-state index is 0.0601. The van der Waals surface area contributed by atoms with E-state index in [1.54, 1.807) is 48.7 Å². The molecule has 4 rings (SSSR count). The highest BCUT2D eigenvalue weighted by Gasteiger charge is 2.54. The Morgan fingerprint density at radius 3 is 2.40 bits per heavy atom. The fourth-order valence-corrected chi connectivity index (χ4v) is 4.15. The first-order valence-corrected chi connectivity index (χ1v) is 10.8. The topological polar surface area (TPSA) is 132 Å². The summed E-state index contributed by atoms with van der Waals surface area (Å²) in [6.45, 7) is 0. The van der Waals surface area contributed by atoms with Crippen LogP contribution in [0.4, 0.5) is 16.2 Å². The number of urea groups is 1. The highest BCUT2D eigenvalue weighted by molar-refractivity contribution is 6.30. The van der Waals surface area contributed by atoms with Gasteiger partial charge in [-0.1, -0.05) is 30.3 Å². The van der Waals surface area contributed by atoms with Gasteiger partial charge in [-0.25, -0.2) is 9.69 Å². The summed E-state index contributed by atoms with van der Waals surface area (Å²) < 4.78 is 5.34. The first kappa shape index (κ1) is 23.6. The fraction of sp³-hybridized carbons (Fsp3) is 0.200. The zero-order chi connectivity index (χ0) is 25.0. The number of carbonyl (C=O) groups is 3. The molecule has 0 saturated carbocycles. The Kier molecular flexibility index (Phi) is 6.54. The summed E-state index contributed by atoms with van der Waals surface area (Å²) in [6.07, 6.45) is 1.90. The van der Waals surface area contributed by atoms with E-state index in [2.05, 4.69) is 10.3 Å². The van der Waals surface area contributed by atoms with E-state index in [1.165, 1.54) is 31.4 Å². The summed E-state index contributed by atoms with van der Waals surface area (Å²) in [4.78, 5) is 55.9. The number of non-ortho nitro benzene ring substituents is 1. The van der Waals surface area contributed by atoms with Crippen LogP contribution in [-0.4, -0.2) is 34.9 Å². The zero-order valence-electron chi connectivity index (χ0n) is 18.8. The molecule has 1 saturated heterocycles. The molecule has 1 N–H and O–H groups in total. The number of rotatable bonds is 8. The zero-order valence-corrected chi connectivity index (χ0v) is 18.8. The molecule has 35 heavy (non-hydrogen) atoms. The Morgan fingerprint density at radius 1 is 1.03 bits per heavy atom. The molecule has 1 fully saturated rings. The van der Waals surface area contributed by atoms with Crippen molar-refractivity contribution in [3.8, 4) is 5.75 Å². The van der Waals surface area contributed by atoms with Crippen molar-refractivity contribution in [3.63, 3.8) is 0 Å². The van der Waals surface area contributed by atoms with Crippen LogP contribution >= 0.6 is 0 Å². The lowest BCUT2D eigenvalue weighted by Crippen LogP contribution is -2.65. The number of nitrogens with one attached hydrogen (secondary N) is 1. The lowest BCUT2D eigenvalue weighted by atomic mass is 9.74. The molecule has 2 heterocycles. The predicted molar refractivity (Wildman–Crippen MR) is 126 cm³/mol. The maximum Gasteiger partial charge on any atom is 0.335 e. The number of aromatic nitrogens is 1. The number of methoxy groups -OCH3 is 1. The normalized spacial score (nSPS) is 17.7. The molecule has 0 spiro atoms. The van der Waals surface area contributed by atoms with Gasteiger partial charge in [0.2, 0.25) is 5.91 Å². The lowest BCUT2D eigenvalue weighted by Gasteiger charge is -2.39. The second kappa shape index (κ2) is 9.72. The van der Waals surface area contributed by atoms with E-state index in [4.69, 9.17) is 4.74 Å². The highest BCUT2D eigenvalue weighted by Crippen LogP contribution is 2.39. The number of nitro groups is 1. The van der Waals surface area contributed by atoms with E-state index < -0.39 is 28.2 Å². The Labute approximate surface area is 200 Å². The first-order chi connectivity index (χ1) is 16.9. The molecule has 0 radical (unpaired) electrons. The molecule has 0 bridgehead atoms. The summed E-state index contributed by atoms with van der Waals surface area (Å²) >= 11 is 0. The van der Waals surface area contributed by atoms with E-state index in [1.807, 2.05) is 0 Å². The Balaban J connectivity index is 1.77. The Hall–Kier alpha value is -4.60. The molecule has 4 amide bonds. The van der Waals surface area contributed by atoms with Crippen LogP contribution in [0.5, 0.6) is 5.75 Å². The number of barbiturate groups is 1. The van der Waals surface area contributed by atoms with E-state index >= 15 is 0 Å². The van der Waals surface area contributed by atoms with Crippen LogP contribution in [0.15, 0.2) is 72.9 Å². The van der Waals surface area contributed by atoms with Crippen molar-refractivity contribution in [1.82, 2.24) is 10.3 Å². The smallest absolute Gasteiger partial charge is 0.335 e. The van der Waals surface area contributed by atoms with Crippen molar-refractivity contribution in [2.75, 3.05) is 12.0 Å². The molecule has 10 heteroatoms. The van der Waals surface area contributed by atoms with Crippen LogP contribution in [0.3, 0.4) is 0 Å². The number of para-hydroxylation sites is 2. The maximum atomic E-state index is 14.0. The molecule has 1 aliphatic rings. The number of benzene rings is 2. The number of ether oxygens (including phenoxy) is 1. The lowest BCUT2D eigenvalue weighted by molar-refractivity contribution is -0.384. The van der Waals surface area contributed by atoms with Crippen molar-refractivity contribution in [1.29, 1.82) is 0 Å². The monoisotopic (exact) mass is 474 g/mol. The molecular weight excluding hydrogens is 452 g/mol. The van der Waals surface area contributed by atoms with E-state index in [9.17, 15) is 24.5 Å². The second-order valence-electron chi connectivity index (χ2n) is 8.08. The van der Waals surface area contributed by atoms with Crippen LogP contribution in [0.25, 0.3) is 0 Å². The number of aryl methyl sites for hydroxylation is 1. The summed E-state index contributed by atoms with van der Waals surface area (Å²) in [5, 5.41) is 13.4. The number of imide groups is 2. The van der Waals surface area contributed by atoms with Crippen molar-refractivity contribution < 1.29 is 24.0 Å². The van der Waals surface area contributed by atoms with Gasteiger partial charge in [0.1, 0.15) is 11.2 Å². The number of nitro benzene ring substituents is 1. The van der Waals surface area contributed by atoms with Gasteiger partial charge in [0.25, 0.3) is 11.6 Å². The van der Waals surface area contributed by atoms with Crippen LogP contribution in [-0.2, 0) is 22.4 Å². The van der Waals surface area contributed by atoms with Gasteiger partial charge in [0, 0.05) is 24.0 Å². The quantitative estimate of drug-likeness (QED) is 0.300. The molecule has 0 aliphatic carbocycles. The predicted octanol–water partition coefficient (Wildman–Crippen LogP) is 3.44. The van der Waals surface area contributed by atoms with Crippen LogP contribution < -0.4 is 15.0 Å². The van der Waals surface area contributed by atoms with Gasteiger partial charge in [-0.05, 0) is 49.1 Å². The van der Waals surface area contributed by atoms with Gasteiger partial charge in [0.15, 0.2) is 0 Å². The van der Waals surface area contributed by atoms with Gasteiger partial charge in [-0.3, -0.25) is 30.0 Å². The third kappa shape index (κ3) is 4.58. The van der Waals surface area contributed by atoms with E-state index in [0.717, 1.165) is 4.90 Å². The highest BCUT2D eigenvalue weighted by atomic mass is 16.6. The summed E-state index contributed by atoms with van der Waals surface area (Å²) in [7, 11) is 1.42. The average Bonchev–Trinajstić information content (AvgIpc) is 2.87. The minimum atomic E-state index is -1.66. The first-order valence-electron chi connectivity index (χ1n) is 10.8. The van der Waals surface area contributed by atoms with Crippen LogP contribution in [0, 0.1) is 15.5 Å². The second-order valence-corrected chi connectivity index (χ2v) is 8.08. The van der Waals surface area contributed by atoms with E-state index in [0.29, 0.717) is 23.4 Å². The average molecular weight is 474 g/mol. The van der Waals surface area contributed by atoms with Crippen molar-refractivity contribution in [3.05, 3.63) is 94.3 Å². The largest absolute Gasteiger partial charge is 0.495 e. The van der Waals surface area contributed by atoms with Gasteiger partial charge in [0.05, 0.1) is 17.7 Å². The third-order valence-corrected chi connectivity index (χ3v) is 5.98. The standard InChI is InChI=1S/C25H22N4O6/c1-35-21-8-3-2-7-20(21)28-23(31)25(22(30)27-24(28)32,14-13-18-6-4-5-15-26-18)16-17-9-11-19(12-10-17)29(33)34/h2-12,15H,13-14,16H2,1H3,(H,27,30,32). The molecule has 178 valence electrons. The van der Waals surface area contributed by atoms with Crippen molar-refractivity contribution in [2.24, 2.45) is 5.41 Å². The van der Waals surface area contributed by atoms with Gasteiger partial charge < -0.3 is 4.74 Å². The Bertz CT molecular complexity index is 1280. The van der Waals surface area contributed by atoms with Crippen molar-refractivity contribution >= 4 is 29.2 Å². The van der Waals surface area contributed by atoms with Gasteiger partial charge in [-0.2, -0.15) is 0 Å². The number of carbonyl (C=O) groups excluding carboxylic acids is 3. The molecule has 1 unspecified atom stereocenters. The minimum Gasteiger partial charge on any atom is -0.495 e. The SMILES string of the molecule is COc1ccccc1N1C(=O)NC(=O)C(CCc2ccccn2)(Cc2ccc([N+](=O)[O-])cc2)C1=O. The fourth-order valence-electron chi connectivity index (χ4n) is 4.15. The number of amides is 4. The molecule has 2 aromatic carbocycles. The maximum absolute atomic E-state index is 14.0. The van der Waals surface area contributed by atoms with Crippen LogP contribution in [0.2, 0.25) is 0 Å². The molecule has 1 aliphatic heterocycles. The molecule has 1 aromatic heterocycles. The number of hydrogen-bond donors (Lipinski definition) is 1. The number of pyridine rings is 1. The number of hydrogen-bond acceptors (Lipinski definition) is 7. The summed E-state index contributed by atoms with van der Waals surface area (Å²) in [6, 6.07) is 16.6. The van der Waals surface area contributed by atoms with Gasteiger partial charge in [-0.15, -0.1) is 0 Å². The molecule has 1 atom stereocenters.